The standard InChI is InChI=1S/C32H45N3O8/c1-20(2)17-25(34-31(40)43-32(4,5)6)28(37)33-26(29(38)35-27(21(3)36)30(39)41-7)18-22-13-15-24(16-14-22)42-19-23-11-9-8-10-12-23/h8-16,20-21,25-27,36H,17-19H2,1-7H3,(H,33,37)(H,34,40)(H,35,38)/t21-,25+,26+,27-/m1/s1. The minimum absolute atomic E-state index is 0.0281. The Morgan fingerprint density at radius 2 is 1.42 bits per heavy atom. The van der Waals surface area contributed by atoms with Crippen LogP contribution in [0.2, 0.25) is 0 Å². The van der Waals surface area contributed by atoms with Crippen molar-refractivity contribution in [1.29, 1.82) is 0 Å². The zero-order valence-corrected chi connectivity index (χ0v) is 26.0. The average molecular weight is 600 g/mol. The van der Waals surface area contributed by atoms with Gasteiger partial charge in [-0.3, -0.25) is 9.59 Å². The Bertz CT molecular complexity index is 1190. The van der Waals surface area contributed by atoms with E-state index in [1.807, 2.05) is 44.2 Å². The van der Waals surface area contributed by atoms with Gasteiger partial charge in [-0.1, -0.05) is 56.3 Å². The number of amides is 3. The van der Waals surface area contributed by atoms with E-state index in [0.29, 0.717) is 17.9 Å². The lowest BCUT2D eigenvalue weighted by molar-refractivity contribution is -0.148. The lowest BCUT2D eigenvalue weighted by Crippen LogP contribution is -2.58. The van der Waals surface area contributed by atoms with Gasteiger partial charge in [-0.25, -0.2) is 9.59 Å². The van der Waals surface area contributed by atoms with Gasteiger partial charge in [0.25, 0.3) is 0 Å². The molecule has 0 radical (unpaired) electrons. The minimum atomic E-state index is -1.35. The van der Waals surface area contributed by atoms with Crippen molar-refractivity contribution in [3.05, 3.63) is 65.7 Å². The molecule has 0 aliphatic heterocycles. The molecule has 0 spiro atoms. The summed E-state index contributed by atoms with van der Waals surface area (Å²) in [4.78, 5) is 51.5. The fraction of sp³-hybridized carbons (Fsp3) is 0.500. The molecule has 4 N–H and O–H groups in total. The number of rotatable bonds is 14. The number of aliphatic hydroxyl groups is 1. The Morgan fingerprint density at radius 3 is 1.95 bits per heavy atom. The first kappa shape index (κ1) is 35.1. The second kappa shape index (κ2) is 16.5. The van der Waals surface area contributed by atoms with E-state index < -0.39 is 53.7 Å². The van der Waals surface area contributed by atoms with Gasteiger partial charge in [0, 0.05) is 6.42 Å². The third-order valence-electron chi connectivity index (χ3n) is 6.19. The van der Waals surface area contributed by atoms with Crippen LogP contribution >= 0.6 is 0 Å². The number of carbonyl (C=O) groups is 4. The van der Waals surface area contributed by atoms with E-state index in [4.69, 9.17) is 14.2 Å². The molecule has 0 unspecified atom stereocenters. The minimum Gasteiger partial charge on any atom is -0.489 e. The average Bonchev–Trinajstić information content (AvgIpc) is 2.93. The molecule has 2 aromatic rings. The number of methoxy groups -OCH3 is 1. The molecule has 0 saturated heterocycles. The molecule has 43 heavy (non-hydrogen) atoms. The second-order valence-corrected chi connectivity index (χ2v) is 11.8. The summed E-state index contributed by atoms with van der Waals surface area (Å²) in [6, 6.07) is 13.2. The van der Waals surface area contributed by atoms with Crippen LogP contribution in [0.5, 0.6) is 5.75 Å². The van der Waals surface area contributed by atoms with Crippen LogP contribution in [0.15, 0.2) is 54.6 Å². The molecule has 0 bridgehead atoms. The maximum atomic E-state index is 13.4. The summed E-state index contributed by atoms with van der Waals surface area (Å²) < 4.78 is 15.9. The summed E-state index contributed by atoms with van der Waals surface area (Å²) in [7, 11) is 1.14. The second-order valence-electron chi connectivity index (χ2n) is 11.8. The maximum absolute atomic E-state index is 13.4. The maximum Gasteiger partial charge on any atom is 0.408 e. The number of nitrogens with one attached hydrogen (secondary N) is 3. The summed E-state index contributed by atoms with van der Waals surface area (Å²) in [6.07, 6.45) is -1.69. The fourth-order valence-electron chi connectivity index (χ4n) is 4.09. The fourth-order valence-corrected chi connectivity index (χ4v) is 4.09. The molecule has 0 aromatic heterocycles. The number of benzene rings is 2. The zero-order chi connectivity index (χ0) is 32.2. The molecule has 0 aliphatic rings. The number of carbonyl (C=O) groups excluding carboxylic acids is 4. The van der Waals surface area contributed by atoms with E-state index >= 15 is 0 Å². The highest BCUT2D eigenvalue weighted by Crippen LogP contribution is 2.16. The molecule has 0 saturated carbocycles. The molecule has 0 fully saturated rings. The Labute approximate surface area is 253 Å². The van der Waals surface area contributed by atoms with Gasteiger partial charge in [-0.15, -0.1) is 0 Å². The van der Waals surface area contributed by atoms with Crippen molar-refractivity contribution in [2.75, 3.05) is 7.11 Å². The molecule has 236 valence electrons. The first-order valence-electron chi connectivity index (χ1n) is 14.3. The highest BCUT2D eigenvalue weighted by molar-refractivity contribution is 5.93. The lowest BCUT2D eigenvalue weighted by atomic mass is 10.0. The van der Waals surface area contributed by atoms with Crippen molar-refractivity contribution >= 4 is 23.9 Å². The normalized spacial score (nSPS) is 14.1. The van der Waals surface area contributed by atoms with Gasteiger partial charge in [0.15, 0.2) is 6.04 Å². The van der Waals surface area contributed by atoms with Gasteiger partial charge in [0.2, 0.25) is 11.8 Å². The SMILES string of the molecule is COC(=O)[C@H](NC(=O)[C@H](Cc1ccc(OCc2ccccc2)cc1)NC(=O)[C@H](CC(C)C)NC(=O)OC(C)(C)C)[C@@H](C)O. The van der Waals surface area contributed by atoms with Crippen molar-refractivity contribution < 1.29 is 38.5 Å². The summed E-state index contributed by atoms with van der Waals surface area (Å²) in [5, 5.41) is 17.9. The van der Waals surface area contributed by atoms with Crippen molar-refractivity contribution in [3.63, 3.8) is 0 Å². The van der Waals surface area contributed by atoms with Gasteiger partial charge >= 0.3 is 12.1 Å². The van der Waals surface area contributed by atoms with Crippen LogP contribution in [0, 0.1) is 5.92 Å². The highest BCUT2D eigenvalue weighted by atomic mass is 16.6. The van der Waals surface area contributed by atoms with Crippen LogP contribution in [0.1, 0.15) is 59.1 Å². The molecule has 0 aliphatic carbocycles. The van der Waals surface area contributed by atoms with Gasteiger partial charge < -0.3 is 35.3 Å². The van der Waals surface area contributed by atoms with E-state index in [1.165, 1.54) is 6.92 Å². The Morgan fingerprint density at radius 1 is 0.814 bits per heavy atom. The molecular formula is C32H45N3O8. The molecule has 4 atom stereocenters. The Balaban J connectivity index is 2.25. The third-order valence-corrected chi connectivity index (χ3v) is 6.19. The van der Waals surface area contributed by atoms with Gasteiger partial charge in [-0.2, -0.15) is 0 Å². The van der Waals surface area contributed by atoms with Crippen LogP contribution in [0.25, 0.3) is 0 Å². The van der Waals surface area contributed by atoms with Gasteiger partial charge in [0.05, 0.1) is 13.2 Å². The van der Waals surface area contributed by atoms with Crippen LogP contribution in [0.3, 0.4) is 0 Å². The van der Waals surface area contributed by atoms with Gasteiger partial charge in [0.1, 0.15) is 30.0 Å². The molecule has 3 amide bonds. The third kappa shape index (κ3) is 12.7. The summed E-state index contributed by atoms with van der Waals surface area (Å²) >= 11 is 0. The van der Waals surface area contributed by atoms with Crippen molar-refractivity contribution in [2.45, 2.75) is 90.8 Å². The van der Waals surface area contributed by atoms with E-state index in [0.717, 1.165) is 12.7 Å². The molecule has 2 rings (SSSR count). The number of ether oxygens (including phenoxy) is 3. The number of hydrogen-bond donors (Lipinski definition) is 4. The number of esters is 1. The highest BCUT2D eigenvalue weighted by Gasteiger charge is 2.33. The van der Waals surface area contributed by atoms with Crippen LogP contribution < -0.4 is 20.7 Å². The van der Waals surface area contributed by atoms with Crippen LogP contribution in [0.4, 0.5) is 4.79 Å². The first-order valence-corrected chi connectivity index (χ1v) is 14.3. The predicted octanol–water partition coefficient (Wildman–Crippen LogP) is 3.27. The van der Waals surface area contributed by atoms with E-state index in [9.17, 15) is 24.3 Å². The number of alkyl carbamates (subject to hydrolysis) is 1. The Kier molecular flexibility index (Phi) is 13.5. The molecule has 11 nitrogen and oxygen atoms in total. The first-order chi connectivity index (χ1) is 20.2. The van der Waals surface area contributed by atoms with Crippen LogP contribution in [-0.2, 0) is 36.9 Å². The van der Waals surface area contributed by atoms with E-state index in [1.54, 1.807) is 45.0 Å². The number of aliphatic hydroxyl groups excluding tert-OH is 1. The smallest absolute Gasteiger partial charge is 0.408 e. The lowest BCUT2D eigenvalue weighted by Gasteiger charge is -2.27. The largest absolute Gasteiger partial charge is 0.489 e. The van der Waals surface area contributed by atoms with Crippen molar-refractivity contribution in [2.24, 2.45) is 5.92 Å². The molecule has 2 aromatic carbocycles. The zero-order valence-electron chi connectivity index (χ0n) is 26.0. The predicted molar refractivity (Wildman–Crippen MR) is 161 cm³/mol. The molecule has 11 heteroatoms. The van der Waals surface area contributed by atoms with E-state index in [-0.39, 0.29) is 18.8 Å². The summed E-state index contributed by atoms with van der Waals surface area (Å²) in [5.41, 5.74) is 0.937. The summed E-state index contributed by atoms with van der Waals surface area (Å²) in [6.45, 7) is 10.6. The molecular weight excluding hydrogens is 554 g/mol. The van der Waals surface area contributed by atoms with Crippen molar-refractivity contribution in [3.8, 4) is 5.75 Å². The number of hydrogen-bond acceptors (Lipinski definition) is 8. The topological polar surface area (TPSA) is 152 Å². The Hall–Kier alpha value is -4.12. The monoisotopic (exact) mass is 599 g/mol. The summed E-state index contributed by atoms with van der Waals surface area (Å²) in [5.74, 6) is -1.50. The van der Waals surface area contributed by atoms with Gasteiger partial charge in [-0.05, 0) is 63.3 Å². The van der Waals surface area contributed by atoms with Crippen molar-refractivity contribution in [1.82, 2.24) is 16.0 Å². The molecule has 0 heterocycles. The van der Waals surface area contributed by atoms with E-state index in [2.05, 4.69) is 16.0 Å². The quantitative estimate of drug-likeness (QED) is 0.242. The van der Waals surface area contributed by atoms with Crippen LogP contribution in [-0.4, -0.2) is 65.9 Å².